The van der Waals surface area contributed by atoms with Crippen LogP contribution in [0.25, 0.3) is 11.3 Å². The summed E-state index contributed by atoms with van der Waals surface area (Å²) in [6.07, 6.45) is -0.0359. The summed E-state index contributed by atoms with van der Waals surface area (Å²) >= 11 is 7.54. The second-order valence-corrected chi connectivity index (χ2v) is 22.3. The molecular formula is C63H80ClF3N14O13S. The minimum absolute atomic E-state index is 0.285. The minimum Gasteiger partial charge on any atom is -0.406 e. The molecule has 1 saturated heterocycles. The van der Waals surface area contributed by atoms with Gasteiger partial charge in [-0.1, -0.05) is 52.4 Å². The number of thiazole rings is 1. The molecule has 8 rings (SSSR count). The van der Waals surface area contributed by atoms with Gasteiger partial charge in [0, 0.05) is 68.2 Å². The van der Waals surface area contributed by atoms with E-state index < -0.39 is 6.36 Å². The average molecular weight is 1370 g/mol. The Labute approximate surface area is 557 Å². The van der Waals surface area contributed by atoms with Crippen molar-refractivity contribution in [2.24, 2.45) is 0 Å². The highest BCUT2D eigenvalue weighted by atomic mass is 35.5. The SMILES string of the molecule is Cc1nc(Nc2ncc(C(=O)Nc3c(C)cccc3Cl)s2)cc(N2CCN(CCOCc3cn(CCOCCOCCOCCOCCOCCOCCOCCOCCOCCNC(=O)c4cccc(-c5cc(Nc6ccc(OC(F)(F)F)cc6)ncn5)c4)nn3)CC2)n1. The number of nitrogens with zero attached hydrogens (tertiary/aromatic N) is 10. The molecule has 7 aromatic rings. The van der Waals surface area contributed by atoms with E-state index in [0.717, 1.165) is 49.8 Å². The Hall–Kier alpha value is -7.63. The largest absolute Gasteiger partial charge is 0.573 e. The van der Waals surface area contributed by atoms with E-state index in [4.69, 9.17) is 64.0 Å². The zero-order chi connectivity index (χ0) is 66.7. The molecule has 27 nitrogen and oxygen atoms in total. The van der Waals surface area contributed by atoms with Crippen LogP contribution in [0.5, 0.6) is 5.75 Å². The first-order valence-electron chi connectivity index (χ1n) is 30.9. The van der Waals surface area contributed by atoms with Gasteiger partial charge in [0.05, 0.1) is 167 Å². The third kappa shape index (κ3) is 27.6. The van der Waals surface area contributed by atoms with Crippen LogP contribution in [0.15, 0.2) is 97.6 Å². The molecule has 0 spiro atoms. The summed E-state index contributed by atoms with van der Waals surface area (Å²) in [7, 11) is 0. The maximum absolute atomic E-state index is 13.0. The molecule has 5 heterocycles. The molecule has 0 atom stereocenters. The maximum Gasteiger partial charge on any atom is 0.573 e. The first-order chi connectivity index (χ1) is 46.3. The minimum atomic E-state index is -4.78. The lowest BCUT2D eigenvalue weighted by atomic mass is 10.1. The monoisotopic (exact) mass is 1360 g/mol. The summed E-state index contributed by atoms with van der Waals surface area (Å²) in [5, 5.41) is 21.4. The van der Waals surface area contributed by atoms with Gasteiger partial charge in [0.1, 0.15) is 45.9 Å². The Morgan fingerprint density at radius 1 is 0.621 bits per heavy atom. The predicted molar refractivity (Wildman–Crippen MR) is 348 cm³/mol. The molecule has 0 bridgehead atoms. The number of aryl methyl sites for hydroxylation is 2. The summed E-state index contributed by atoms with van der Waals surface area (Å²) in [5.41, 5.74) is 4.32. The number of hydrogen-bond donors (Lipinski definition) is 4. The number of benzene rings is 3. The van der Waals surface area contributed by atoms with Crippen LogP contribution in [0.1, 0.15) is 37.1 Å². The maximum atomic E-state index is 13.0. The number of amides is 2. The van der Waals surface area contributed by atoms with Gasteiger partial charge in [-0.2, -0.15) is 0 Å². The van der Waals surface area contributed by atoms with E-state index in [0.29, 0.717) is 206 Å². The number of para-hydroxylation sites is 1. The molecule has 0 unspecified atom stereocenters. The molecule has 1 aliphatic heterocycles. The molecule has 0 saturated carbocycles. The normalized spacial score (nSPS) is 12.7. The van der Waals surface area contributed by atoms with Crippen molar-refractivity contribution in [3.63, 3.8) is 0 Å². The van der Waals surface area contributed by atoms with Gasteiger partial charge >= 0.3 is 6.36 Å². The second kappa shape index (κ2) is 40.7. The van der Waals surface area contributed by atoms with Crippen molar-refractivity contribution in [2.75, 3.05) is 186 Å². The number of carbonyl (C=O) groups is 2. The van der Waals surface area contributed by atoms with E-state index in [2.05, 4.69) is 66.1 Å². The highest BCUT2D eigenvalue weighted by molar-refractivity contribution is 7.17. The van der Waals surface area contributed by atoms with E-state index in [1.807, 2.05) is 38.2 Å². The Bertz CT molecular complexity index is 3370. The smallest absolute Gasteiger partial charge is 0.406 e. The van der Waals surface area contributed by atoms with E-state index in [1.165, 1.54) is 48.1 Å². The van der Waals surface area contributed by atoms with E-state index in [1.54, 1.807) is 41.1 Å². The molecule has 514 valence electrons. The summed E-state index contributed by atoms with van der Waals surface area (Å²) in [6, 6.07) is 21.2. The van der Waals surface area contributed by atoms with E-state index >= 15 is 0 Å². The third-order valence-electron chi connectivity index (χ3n) is 13.8. The Balaban J connectivity index is 0.524. The van der Waals surface area contributed by atoms with Gasteiger partial charge in [0.2, 0.25) is 0 Å². The topological polar surface area (TPSA) is 285 Å². The van der Waals surface area contributed by atoms with Crippen molar-refractivity contribution < 1.29 is 74.9 Å². The zero-order valence-corrected chi connectivity index (χ0v) is 54.6. The number of aromatic nitrogens is 8. The first-order valence-corrected chi connectivity index (χ1v) is 32.1. The number of nitrogens with one attached hydrogen (secondary N) is 4. The van der Waals surface area contributed by atoms with Crippen LogP contribution in [-0.2, 0) is 60.5 Å². The van der Waals surface area contributed by atoms with Gasteiger partial charge in [0.25, 0.3) is 11.8 Å². The van der Waals surface area contributed by atoms with E-state index in [9.17, 15) is 22.8 Å². The first kappa shape index (κ1) is 73.2. The number of alkyl halides is 3. The lowest BCUT2D eigenvalue weighted by Gasteiger charge is -2.35. The number of ether oxygens (including phenoxy) is 11. The molecule has 1 aliphatic rings. The van der Waals surface area contributed by atoms with Gasteiger partial charge in [-0.3, -0.25) is 14.5 Å². The molecule has 4 aromatic heterocycles. The Kier molecular flexibility index (Phi) is 31.4. The predicted octanol–water partition coefficient (Wildman–Crippen LogP) is 7.81. The molecule has 0 aliphatic carbocycles. The summed E-state index contributed by atoms with van der Waals surface area (Å²) in [5.74, 6) is 1.55. The van der Waals surface area contributed by atoms with Crippen molar-refractivity contribution in [3.8, 4) is 17.0 Å². The Morgan fingerprint density at radius 2 is 1.23 bits per heavy atom. The quantitative estimate of drug-likeness (QED) is 0.0265. The molecule has 95 heavy (non-hydrogen) atoms. The van der Waals surface area contributed by atoms with Gasteiger partial charge in [-0.05, 0) is 61.9 Å². The number of carbonyl (C=O) groups excluding carboxylic acids is 2. The number of anilines is 6. The molecule has 3 aromatic carbocycles. The molecule has 1 fully saturated rings. The van der Waals surface area contributed by atoms with Crippen molar-refractivity contribution in [3.05, 3.63) is 130 Å². The second-order valence-electron chi connectivity index (χ2n) is 20.9. The highest BCUT2D eigenvalue weighted by Gasteiger charge is 2.31. The summed E-state index contributed by atoms with van der Waals surface area (Å²) in [4.78, 5) is 53.0. The molecule has 32 heteroatoms. The fourth-order valence-electron chi connectivity index (χ4n) is 9.02. The van der Waals surface area contributed by atoms with Crippen molar-refractivity contribution in [2.45, 2.75) is 33.4 Å². The van der Waals surface area contributed by atoms with Crippen LogP contribution in [0.2, 0.25) is 5.02 Å². The number of piperazine rings is 1. The standard InChI is InChI=1S/C63H80ClF3N14O13S/c1-46-5-3-8-53(64)59(46)76-61(83)55-42-69-62(95-55)75-57-41-58(73-47(2)72-57)80-16-14-79(15-17-80)18-21-93-44-51-43-81(78-77-51)19-22-85-24-26-87-28-30-89-32-34-91-36-38-92-37-35-90-33-31-88-29-27-86-25-23-84-20-13-68-60(82)49-7-4-6-48(39-49)54-40-56(71-45-70-54)74-50-9-11-52(12-10-50)94-63(65,66)67/h3-12,39-43,45H,13-38,44H2,1-2H3,(H,68,82)(H,76,83)(H,70,71,74)(H,69,72,73,75). The van der Waals surface area contributed by atoms with Crippen LogP contribution in [0, 0.1) is 13.8 Å². The van der Waals surface area contributed by atoms with Crippen LogP contribution in [0.4, 0.5) is 47.1 Å². The molecule has 2 amide bonds. The number of halogens is 4. The van der Waals surface area contributed by atoms with Crippen LogP contribution < -0.4 is 30.9 Å². The molecule has 4 N–H and O–H groups in total. The van der Waals surface area contributed by atoms with Gasteiger partial charge in [-0.15, -0.1) is 18.3 Å². The third-order valence-corrected chi connectivity index (χ3v) is 15.0. The molecule has 0 radical (unpaired) electrons. The summed E-state index contributed by atoms with van der Waals surface area (Å²) in [6.45, 7) is 17.3. The van der Waals surface area contributed by atoms with Crippen molar-refractivity contribution in [1.82, 2.24) is 50.1 Å². The van der Waals surface area contributed by atoms with Gasteiger partial charge in [0.15, 0.2) is 5.13 Å². The van der Waals surface area contributed by atoms with E-state index in [-0.39, 0.29) is 17.6 Å². The molecular weight excluding hydrogens is 1290 g/mol. The van der Waals surface area contributed by atoms with Crippen LogP contribution >= 0.6 is 22.9 Å². The van der Waals surface area contributed by atoms with Crippen molar-refractivity contribution >= 4 is 68.7 Å². The van der Waals surface area contributed by atoms with Crippen LogP contribution in [-0.4, -0.2) is 228 Å². The number of hydrogen-bond acceptors (Lipinski definition) is 25. The Morgan fingerprint density at radius 3 is 1.86 bits per heavy atom. The average Bonchev–Trinajstić information content (AvgIpc) is 1.96. The van der Waals surface area contributed by atoms with Crippen molar-refractivity contribution in [1.29, 1.82) is 0 Å². The lowest BCUT2D eigenvalue weighted by molar-refractivity contribution is -0.274. The summed E-state index contributed by atoms with van der Waals surface area (Å²) < 4.78 is 99.3. The fourth-order valence-corrected chi connectivity index (χ4v) is 10.0. The van der Waals surface area contributed by atoms with Crippen LogP contribution in [0.3, 0.4) is 0 Å². The number of rotatable bonds is 45. The van der Waals surface area contributed by atoms with Gasteiger partial charge < -0.3 is 78.3 Å². The zero-order valence-electron chi connectivity index (χ0n) is 53.0. The highest BCUT2D eigenvalue weighted by Crippen LogP contribution is 2.30. The lowest BCUT2D eigenvalue weighted by Crippen LogP contribution is -2.47. The fraction of sp³-hybridized carbons (Fsp3) is 0.476. The van der Waals surface area contributed by atoms with Gasteiger partial charge in [-0.25, -0.2) is 29.6 Å².